The predicted octanol–water partition coefficient (Wildman–Crippen LogP) is 7.82. The van der Waals surface area contributed by atoms with Crippen molar-refractivity contribution in [1.29, 1.82) is 0 Å². The lowest BCUT2D eigenvalue weighted by Crippen LogP contribution is -2.02. The Balaban J connectivity index is -0.000000234. The van der Waals surface area contributed by atoms with Crippen LogP contribution in [0.5, 0.6) is 0 Å². The van der Waals surface area contributed by atoms with Crippen LogP contribution in [0.2, 0.25) is 0 Å². The van der Waals surface area contributed by atoms with E-state index in [2.05, 4.69) is 76.2 Å². The number of hydrogen-bond donors (Lipinski definition) is 0. The van der Waals surface area contributed by atoms with Gasteiger partial charge in [-0.05, 0) is 29.6 Å². The van der Waals surface area contributed by atoms with Crippen LogP contribution < -0.4 is 0 Å². The first kappa shape index (κ1) is 25.0. The Kier molecular flexibility index (Phi) is 21.3. The highest BCUT2D eigenvalue weighted by Crippen LogP contribution is 2.16. The van der Waals surface area contributed by atoms with Gasteiger partial charge in [0.2, 0.25) is 0 Å². The first-order valence-corrected chi connectivity index (χ1v) is 9.09. The normalized spacial score (nSPS) is 13.5. The minimum atomic E-state index is 0.833. The van der Waals surface area contributed by atoms with Gasteiger partial charge in [0.15, 0.2) is 0 Å². The van der Waals surface area contributed by atoms with Crippen molar-refractivity contribution < 1.29 is 0 Å². The van der Waals surface area contributed by atoms with Crippen molar-refractivity contribution >= 4 is 0 Å². The van der Waals surface area contributed by atoms with Gasteiger partial charge in [-0.25, -0.2) is 0 Å². The van der Waals surface area contributed by atoms with E-state index in [0.29, 0.717) is 0 Å². The molecule has 2 atom stereocenters. The minimum Gasteiger partial charge on any atom is -0.0654 e. The fourth-order valence-electron chi connectivity index (χ4n) is 1.33. The van der Waals surface area contributed by atoms with E-state index in [9.17, 15) is 0 Å². The second-order valence-corrected chi connectivity index (χ2v) is 7.73. The minimum absolute atomic E-state index is 0.833. The Bertz CT molecular complexity index is 153. The van der Waals surface area contributed by atoms with E-state index < -0.39 is 0 Å². The topological polar surface area (TPSA) is 0 Å². The molecule has 0 rings (SSSR count). The molecular weight excluding hydrogens is 240 g/mol. The van der Waals surface area contributed by atoms with Gasteiger partial charge in [-0.1, -0.05) is 102 Å². The highest BCUT2D eigenvalue weighted by molar-refractivity contribution is 4.55. The van der Waals surface area contributed by atoms with Crippen LogP contribution in [0, 0.1) is 29.6 Å². The van der Waals surface area contributed by atoms with Gasteiger partial charge in [0, 0.05) is 0 Å². The van der Waals surface area contributed by atoms with Gasteiger partial charge >= 0.3 is 0 Å². The molecule has 2 unspecified atom stereocenters. The van der Waals surface area contributed by atoms with E-state index in [0.717, 1.165) is 29.6 Å². The second-order valence-electron chi connectivity index (χ2n) is 7.73. The van der Waals surface area contributed by atoms with Gasteiger partial charge < -0.3 is 0 Å². The van der Waals surface area contributed by atoms with E-state index >= 15 is 0 Å². The van der Waals surface area contributed by atoms with Crippen molar-refractivity contribution in [3.8, 4) is 0 Å². The Hall–Kier alpha value is 0. The van der Waals surface area contributed by atoms with Crippen molar-refractivity contribution in [3.05, 3.63) is 0 Å². The summed E-state index contributed by atoms with van der Waals surface area (Å²) < 4.78 is 0. The van der Waals surface area contributed by atoms with E-state index in [1.807, 2.05) is 0 Å². The summed E-state index contributed by atoms with van der Waals surface area (Å²) in [6.07, 6.45) is 5.47. The molecule has 20 heavy (non-hydrogen) atoms. The van der Waals surface area contributed by atoms with Crippen LogP contribution in [0.15, 0.2) is 0 Å². The summed E-state index contributed by atoms with van der Waals surface area (Å²) in [5, 5.41) is 0. The molecule has 0 heterocycles. The van der Waals surface area contributed by atoms with Crippen LogP contribution in [0.25, 0.3) is 0 Å². The highest BCUT2D eigenvalue weighted by Gasteiger charge is 2.04. The summed E-state index contributed by atoms with van der Waals surface area (Å²) in [6, 6.07) is 0. The summed E-state index contributed by atoms with van der Waals surface area (Å²) in [4.78, 5) is 0. The third-order valence-electron chi connectivity index (χ3n) is 3.93. The third-order valence-corrected chi connectivity index (χ3v) is 3.93. The molecule has 0 saturated heterocycles. The van der Waals surface area contributed by atoms with Crippen LogP contribution in [0.4, 0.5) is 0 Å². The highest BCUT2D eigenvalue weighted by atomic mass is 14.1. The number of rotatable bonds is 6. The fourth-order valence-corrected chi connectivity index (χ4v) is 1.33. The van der Waals surface area contributed by atoms with Gasteiger partial charge in [-0.2, -0.15) is 0 Å². The van der Waals surface area contributed by atoms with E-state index in [1.165, 1.54) is 25.7 Å². The molecule has 0 saturated carbocycles. The van der Waals surface area contributed by atoms with Crippen LogP contribution in [0.3, 0.4) is 0 Å². The fraction of sp³-hybridized carbons (Fsp3) is 1.00. The van der Waals surface area contributed by atoms with Gasteiger partial charge in [-0.15, -0.1) is 0 Å². The lowest BCUT2D eigenvalue weighted by Gasteiger charge is -2.13. The predicted molar refractivity (Wildman–Crippen MR) is 98.3 cm³/mol. The first-order valence-electron chi connectivity index (χ1n) is 9.09. The second kappa shape index (κ2) is 17.1. The Morgan fingerprint density at radius 3 is 1.10 bits per heavy atom. The molecule has 0 aromatic carbocycles. The Labute approximate surface area is 132 Å². The summed E-state index contributed by atoms with van der Waals surface area (Å²) in [6.45, 7) is 24.8. The zero-order valence-electron chi connectivity index (χ0n) is 16.7. The summed E-state index contributed by atoms with van der Waals surface area (Å²) in [5.74, 6) is 4.39. The third kappa shape index (κ3) is 26.5. The molecule has 0 aromatic heterocycles. The lowest BCUT2D eigenvalue weighted by molar-refractivity contribution is 0.381. The average Bonchev–Trinajstić information content (AvgIpc) is 2.34. The van der Waals surface area contributed by atoms with Crippen molar-refractivity contribution in [2.75, 3.05) is 0 Å². The maximum Gasteiger partial charge on any atom is -0.0420 e. The Morgan fingerprint density at radius 1 is 0.600 bits per heavy atom. The van der Waals surface area contributed by atoms with E-state index in [-0.39, 0.29) is 0 Å². The molecule has 0 heteroatoms. The van der Waals surface area contributed by atoms with Gasteiger partial charge in [0.05, 0.1) is 0 Å². The summed E-state index contributed by atoms with van der Waals surface area (Å²) in [5.41, 5.74) is 0. The molecule has 0 aliphatic rings. The molecule has 0 bridgehead atoms. The monoisotopic (exact) mass is 286 g/mol. The van der Waals surface area contributed by atoms with Crippen molar-refractivity contribution in [1.82, 2.24) is 0 Å². The number of hydrogen-bond acceptors (Lipinski definition) is 0. The molecule has 0 fully saturated rings. The first-order chi connectivity index (χ1) is 9.09. The molecule has 0 aliphatic heterocycles. The standard InChI is InChI=1S/C9H20.C7H16.C4H10/c1-5-6-7-9(4)8(2)3;1-5-7(4)6(2)3;1-4(2)3/h8-9H,5-7H2,1-4H3;6-7H,5H2,1-4H3;4H,1-3H3. The van der Waals surface area contributed by atoms with Gasteiger partial charge in [-0.3, -0.25) is 0 Å². The average molecular weight is 287 g/mol. The molecule has 0 amide bonds. The molecule has 0 aromatic rings. The molecule has 0 aliphatic carbocycles. The quantitative estimate of drug-likeness (QED) is 0.467. The molecule has 0 spiro atoms. The van der Waals surface area contributed by atoms with Gasteiger partial charge in [0.1, 0.15) is 0 Å². The van der Waals surface area contributed by atoms with Crippen molar-refractivity contribution in [2.45, 2.75) is 102 Å². The van der Waals surface area contributed by atoms with Crippen molar-refractivity contribution in [2.24, 2.45) is 29.6 Å². The Morgan fingerprint density at radius 2 is 0.950 bits per heavy atom. The van der Waals surface area contributed by atoms with E-state index in [4.69, 9.17) is 0 Å². The molecule has 0 N–H and O–H groups in total. The summed E-state index contributed by atoms with van der Waals surface area (Å²) >= 11 is 0. The zero-order valence-corrected chi connectivity index (χ0v) is 16.7. The molecule has 126 valence electrons. The van der Waals surface area contributed by atoms with Crippen molar-refractivity contribution in [3.63, 3.8) is 0 Å². The molecule has 0 radical (unpaired) electrons. The molecule has 0 nitrogen and oxygen atoms in total. The van der Waals surface area contributed by atoms with Gasteiger partial charge in [0.25, 0.3) is 0 Å². The molecular formula is C20H46. The lowest BCUT2D eigenvalue weighted by atomic mass is 9.93. The SMILES string of the molecule is CC(C)C.CCC(C)C(C)C.CCCCC(C)C(C)C. The zero-order chi connectivity index (χ0) is 16.7. The van der Waals surface area contributed by atoms with Crippen LogP contribution in [0.1, 0.15) is 102 Å². The maximum atomic E-state index is 2.35. The largest absolute Gasteiger partial charge is 0.0654 e. The van der Waals surface area contributed by atoms with Crippen LogP contribution >= 0.6 is 0 Å². The number of unbranched alkanes of at least 4 members (excludes halogenated alkanes) is 1. The van der Waals surface area contributed by atoms with E-state index in [1.54, 1.807) is 0 Å². The summed E-state index contributed by atoms with van der Waals surface area (Å²) in [7, 11) is 0. The van der Waals surface area contributed by atoms with Crippen LogP contribution in [-0.2, 0) is 0 Å². The smallest absolute Gasteiger partial charge is 0.0420 e. The maximum absolute atomic E-state index is 2.35. The van der Waals surface area contributed by atoms with Crippen LogP contribution in [-0.4, -0.2) is 0 Å².